The molecule has 0 aliphatic heterocycles. The number of hydrogen-bond acceptors (Lipinski definition) is 6. The van der Waals surface area contributed by atoms with Gasteiger partial charge in [-0.1, -0.05) is 0 Å². The van der Waals surface area contributed by atoms with Gasteiger partial charge in [-0.05, 0) is 25.7 Å². The Balaban J connectivity index is 5.13. The molecule has 12 heteroatoms. The van der Waals surface area contributed by atoms with E-state index in [0.717, 1.165) is 0 Å². The number of hydrogen-bond donors (Lipinski definition) is 4. The molecule has 0 heterocycles. The molecular formula is C10H16O10S2. The van der Waals surface area contributed by atoms with Gasteiger partial charge in [0.25, 0.3) is 20.2 Å². The van der Waals surface area contributed by atoms with Crippen LogP contribution in [0.4, 0.5) is 0 Å². The van der Waals surface area contributed by atoms with Gasteiger partial charge in [0.15, 0.2) is 0 Å². The smallest absolute Gasteiger partial charge is 0.332 e. The summed E-state index contributed by atoms with van der Waals surface area (Å²) in [5, 5.41) is 18.0. The molecule has 0 spiro atoms. The van der Waals surface area contributed by atoms with Gasteiger partial charge in [-0.25, -0.2) is 9.59 Å². The van der Waals surface area contributed by atoms with Gasteiger partial charge in [0.05, 0.1) is 11.5 Å². The topological polar surface area (TPSA) is 183 Å². The SMILES string of the molecule is O=C(O)C(CCCS(=O)(=O)O)=C(CCCS(=O)(=O)O)C(=O)O. The van der Waals surface area contributed by atoms with Gasteiger partial charge in [0.2, 0.25) is 0 Å². The van der Waals surface area contributed by atoms with Crippen LogP contribution in [0, 0.1) is 0 Å². The third-order valence-electron chi connectivity index (χ3n) is 2.54. The average molecular weight is 360 g/mol. The minimum Gasteiger partial charge on any atom is -0.478 e. The van der Waals surface area contributed by atoms with E-state index in [1.54, 1.807) is 0 Å². The molecule has 0 aromatic rings. The molecule has 0 bridgehead atoms. The minimum absolute atomic E-state index is 0.310. The van der Waals surface area contributed by atoms with Gasteiger partial charge in [0, 0.05) is 11.1 Å². The first kappa shape index (κ1) is 20.5. The van der Waals surface area contributed by atoms with E-state index in [4.69, 9.17) is 19.3 Å². The summed E-state index contributed by atoms with van der Waals surface area (Å²) in [6.45, 7) is 0. The van der Waals surface area contributed by atoms with Crippen LogP contribution in [0.1, 0.15) is 25.7 Å². The summed E-state index contributed by atoms with van der Waals surface area (Å²) in [6.07, 6.45) is -1.48. The van der Waals surface area contributed by atoms with Crippen LogP contribution in [0.25, 0.3) is 0 Å². The number of carbonyl (C=O) groups is 2. The molecule has 0 aromatic heterocycles. The van der Waals surface area contributed by atoms with E-state index in [9.17, 15) is 26.4 Å². The molecule has 0 aromatic carbocycles. The average Bonchev–Trinajstić information content (AvgIpc) is 2.27. The van der Waals surface area contributed by atoms with Crippen LogP contribution in [-0.4, -0.2) is 59.6 Å². The molecule has 22 heavy (non-hydrogen) atoms. The third kappa shape index (κ3) is 9.44. The Bertz CT molecular complexity index is 598. The zero-order valence-electron chi connectivity index (χ0n) is 11.3. The van der Waals surface area contributed by atoms with Crippen LogP contribution in [0.15, 0.2) is 11.1 Å². The van der Waals surface area contributed by atoms with Crippen molar-refractivity contribution in [3.8, 4) is 0 Å². The maximum absolute atomic E-state index is 11.1. The second kappa shape index (κ2) is 8.22. The molecule has 0 unspecified atom stereocenters. The molecule has 0 amide bonds. The zero-order valence-corrected chi connectivity index (χ0v) is 12.9. The highest BCUT2D eigenvalue weighted by molar-refractivity contribution is 7.86. The van der Waals surface area contributed by atoms with Gasteiger partial charge in [-0.3, -0.25) is 9.11 Å². The minimum atomic E-state index is -4.30. The molecule has 4 N–H and O–H groups in total. The maximum atomic E-state index is 11.1. The van der Waals surface area contributed by atoms with Crippen molar-refractivity contribution in [1.82, 2.24) is 0 Å². The molecule has 0 radical (unpaired) electrons. The normalized spacial score (nSPS) is 13.5. The van der Waals surface area contributed by atoms with E-state index in [-0.39, 0.29) is 12.8 Å². The summed E-state index contributed by atoms with van der Waals surface area (Å²) in [6, 6.07) is 0. The molecule has 128 valence electrons. The van der Waals surface area contributed by atoms with Crippen molar-refractivity contribution in [2.24, 2.45) is 0 Å². The van der Waals surface area contributed by atoms with Gasteiger partial charge in [0.1, 0.15) is 0 Å². The van der Waals surface area contributed by atoms with Crippen molar-refractivity contribution in [1.29, 1.82) is 0 Å². The van der Waals surface area contributed by atoms with Crippen molar-refractivity contribution in [3.05, 3.63) is 11.1 Å². The van der Waals surface area contributed by atoms with Gasteiger partial charge < -0.3 is 10.2 Å². The van der Waals surface area contributed by atoms with Crippen LogP contribution in [-0.2, 0) is 29.8 Å². The lowest BCUT2D eigenvalue weighted by atomic mass is 10.00. The van der Waals surface area contributed by atoms with E-state index in [2.05, 4.69) is 0 Å². The predicted octanol–water partition coefficient (Wildman–Crippen LogP) is -0.212. The largest absolute Gasteiger partial charge is 0.478 e. The quantitative estimate of drug-likeness (QED) is 0.300. The van der Waals surface area contributed by atoms with Gasteiger partial charge in [-0.2, -0.15) is 16.8 Å². The van der Waals surface area contributed by atoms with Crippen LogP contribution in [0.5, 0.6) is 0 Å². The van der Waals surface area contributed by atoms with Crippen LogP contribution >= 0.6 is 0 Å². The number of aliphatic carboxylic acids is 2. The van der Waals surface area contributed by atoms with Crippen molar-refractivity contribution >= 4 is 32.2 Å². The molecular weight excluding hydrogens is 344 g/mol. The fraction of sp³-hybridized carbons (Fsp3) is 0.600. The van der Waals surface area contributed by atoms with Crippen molar-refractivity contribution in [3.63, 3.8) is 0 Å². The Morgan fingerprint density at radius 2 is 0.955 bits per heavy atom. The molecule has 0 aliphatic rings. The number of carboxylic acids is 2. The molecule has 0 rings (SSSR count). The lowest BCUT2D eigenvalue weighted by molar-refractivity contribution is -0.136. The van der Waals surface area contributed by atoms with Crippen LogP contribution in [0.3, 0.4) is 0 Å². The monoisotopic (exact) mass is 360 g/mol. The van der Waals surface area contributed by atoms with E-state index >= 15 is 0 Å². The summed E-state index contributed by atoms with van der Waals surface area (Å²) in [7, 11) is -8.61. The standard InChI is InChI=1S/C10H16O10S2/c11-9(12)7(3-1-5-21(15,16)17)8(10(13)14)4-2-6-22(18,19)20/h1-6H2,(H,11,12)(H,13,14)(H,15,16,17)(H,18,19,20). The molecule has 0 aliphatic carbocycles. The van der Waals surface area contributed by atoms with E-state index in [1.165, 1.54) is 0 Å². The van der Waals surface area contributed by atoms with E-state index < -0.39 is 67.7 Å². The summed E-state index contributed by atoms with van der Waals surface area (Å²) in [5.74, 6) is -4.64. The van der Waals surface area contributed by atoms with Crippen molar-refractivity contribution in [2.45, 2.75) is 25.7 Å². The van der Waals surface area contributed by atoms with E-state index in [1.807, 2.05) is 0 Å². The Labute approximate surface area is 127 Å². The molecule has 0 saturated heterocycles. The summed E-state index contributed by atoms with van der Waals surface area (Å²) in [4.78, 5) is 22.1. The van der Waals surface area contributed by atoms with E-state index in [0.29, 0.717) is 0 Å². The predicted molar refractivity (Wildman–Crippen MR) is 73.6 cm³/mol. The summed E-state index contributed by atoms with van der Waals surface area (Å²) >= 11 is 0. The highest BCUT2D eigenvalue weighted by Crippen LogP contribution is 2.18. The van der Waals surface area contributed by atoms with Gasteiger partial charge >= 0.3 is 11.9 Å². The van der Waals surface area contributed by atoms with Crippen molar-refractivity contribution in [2.75, 3.05) is 11.5 Å². The summed E-state index contributed by atoms with van der Waals surface area (Å²) < 4.78 is 59.3. The van der Waals surface area contributed by atoms with Crippen LogP contribution in [0.2, 0.25) is 0 Å². The van der Waals surface area contributed by atoms with Crippen LogP contribution < -0.4 is 0 Å². The number of carboxylic acid groups (broad SMARTS) is 2. The zero-order chi connectivity index (χ0) is 17.6. The first-order chi connectivity index (χ1) is 9.83. The highest BCUT2D eigenvalue weighted by Gasteiger charge is 2.21. The molecule has 0 fully saturated rings. The second-order valence-electron chi connectivity index (χ2n) is 4.35. The maximum Gasteiger partial charge on any atom is 0.332 e. The second-order valence-corrected chi connectivity index (χ2v) is 7.49. The summed E-state index contributed by atoms with van der Waals surface area (Å²) in [5.41, 5.74) is -1.15. The fourth-order valence-electron chi connectivity index (χ4n) is 1.64. The number of rotatable bonds is 10. The Hall–Kier alpha value is -1.50. The first-order valence-electron chi connectivity index (χ1n) is 5.92. The first-order valence-corrected chi connectivity index (χ1v) is 9.14. The Morgan fingerprint density at radius 3 is 1.14 bits per heavy atom. The molecule has 0 saturated carbocycles. The lowest BCUT2D eigenvalue weighted by Crippen LogP contribution is -2.14. The lowest BCUT2D eigenvalue weighted by Gasteiger charge is -2.08. The third-order valence-corrected chi connectivity index (χ3v) is 4.15. The Kier molecular flexibility index (Phi) is 7.66. The Morgan fingerprint density at radius 1 is 0.682 bits per heavy atom. The molecule has 10 nitrogen and oxygen atoms in total. The fourth-order valence-corrected chi connectivity index (χ4v) is 2.65. The van der Waals surface area contributed by atoms with Gasteiger partial charge in [-0.15, -0.1) is 0 Å². The molecule has 0 atom stereocenters. The van der Waals surface area contributed by atoms with Crippen molar-refractivity contribution < 1.29 is 45.7 Å². The highest BCUT2D eigenvalue weighted by atomic mass is 32.2.